The van der Waals surface area contributed by atoms with Gasteiger partial charge in [-0.25, -0.2) is 18.4 Å². The third kappa shape index (κ3) is 3.70. The molecule has 2 aromatic carbocycles. The SMILES string of the molecule is Nc1c(S(=O)(=O)c2cc(Cl)ccc2Cl)c2nc3ccccc3nc2n1/N=C\c1ccccn1. The van der Waals surface area contributed by atoms with Crippen molar-refractivity contribution in [2.75, 3.05) is 5.73 Å². The number of nitrogen functional groups attached to an aromatic ring is 1. The molecule has 0 saturated carbocycles. The van der Waals surface area contributed by atoms with Gasteiger partial charge in [-0.1, -0.05) is 41.4 Å². The van der Waals surface area contributed by atoms with Crippen LogP contribution in [0.1, 0.15) is 5.69 Å². The smallest absolute Gasteiger partial charge is 0.214 e. The molecule has 0 radical (unpaired) electrons. The molecule has 0 saturated heterocycles. The average molecular weight is 497 g/mol. The van der Waals surface area contributed by atoms with Crippen LogP contribution in [0.15, 0.2) is 81.8 Å². The molecule has 0 atom stereocenters. The number of nitrogens with zero attached hydrogens (tertiary/aromatic N) is 5. The van der Waals surface area contributed by atoms with Gasteiger partial charge in [0.25, 0.3) is 0 Å². The van der Waals surface area contributed by atoms with E-state index in [9.17, 15) is 8.42 Å². The van der Waals surface area contributed by atoms with Crippen molar-refractivity contribution in [2.24, 2.45) is 5.10 Å². The van der Waals surface area contributed by atoms with Crippen LogP contribution in [-0.2, 0) is 9.84 Å². The number of pyridine rings is 1. The van der Waals surface area contributed by atoms with E-state index >= 15 is 0 Å². The number of para-hydroxylation sites is 2. The summed E-state index contributed by atoms with van der Waals surface area (Å²) < 4.78 is 28.6. The van der Waals surface area contributed by atoms with Gasteiger partial charge in [-0.2, -0.15) is 9.78 Å². The first-order valence-electron chi connectivity index (χ1n) is 9.58. The Morgan fingerprint density at radius 1 is 0.970 bits per heavy atom. The van der Waals surface area contributed by atoms with E-state index in [1.807, 2.05) is 0 Å². The minimum Gasteiger partial charge on any atom is -0.382 e. The molecule has 0 amide bonds. The molecule has 3 aromatic heterocycles. The lowest BCUT2D eigenvalue weighted by Crippen LogP contribution is -2.07. The number of anilines is 1. The van der Waals surface area contributed by atoms with E-state index < -0.39 is 9.84 Å². The van der Waals surface area contributed by atoms with Gasteiger partial charge in [0, 0.05) is 11.2 Å². The van der Waals surface area contributed by atoms with E-state index in [0.29, 0.717) is 16.7 Å². The van der Waals surface area contributed by atoms with Gasteiger partial charge >= 0.3 is 0 Å². The molecule has 0 aliphatic heterocycles. The van der Waals surface area contributed by atoms with Crippen molar-refractivity contribution in [3.63, 3.8) is 0 Å². The van der Waals surface area contributed by atoms with Crippen LogP contribution in [-0.4, -0.2) is 34.3 Å². The maximum atomic E-state index is 13.7. The van der Waals surface area contributed by atoms with Gasteiger partial charge in [-0.3, -0.25) is 4.98 Å². The lowest BCUT2D eigenvalue weighted by Gasteiger charge is -2.07. The summed E-state index contributed by atoms with van der Waals surface area (Å²) in [7, 11) is -4.23. The molecule has 0 unspecified atom stereocenters. The van der Waals surface area contributed by atoms with Gasteiger partial charge in [-0.05, 0) is 42.5 Å². The van der Waals surface area contributed by atoms with Crippen LogP contribution >= 0.6 is 23.2 Å². The fourth-order valence-corrected chi connectivity index (χ4v) is 5.61. The molecule has 5 rings (SSSR count). The van der Waals surface area contributed by atoms with Gasteiger partial charge in [0.2, 0.25) is 9.84 Å². The maximum absolute atomic E-state index is 13.7. The van der Waals surface area contributed by atoms with Crippen LogP contribution in [0.25, 0.3) is 22.2 Å². The lowest BCUT2D eigenvalue weighted by atomic mass is 10.3. The zero-order valence-electron chi connectivity index (χ0n) is 16.7. The van der Waals surface area contributed by atoms with Crippen molar-refractivity contribution >= 4 is 67.3 Å². The molecular weight excluding hydrogens is 483 g/mol. The molecule has 0 aliphatic rings. The van der Waals surface area contributed by atoms with Crippen LogP contribution in [0, 0.1) is 0 Å². The van der Waals surface area contributed by atoms with Crippen molar-refractivity contribution in [3.8, 4) is 0 Å². The second-order valence-electron chi connectivity index (χ2n) is 6.99. The predicted octanol–water partition coefficient (Wildman–Crippen LogP) is 4.58. The van der Waals surface area contributed by atoms with Gasteiger partial charge in [0.15, 0.2) is 5.65 Å². The minimum absolute atomic E-state index is 0.00503. The highest BCUT2D eigenvalue weighted by molar-refractivity contribution is 7.92. The number of sulfone groups is 1. The molecular formula is C22H14Cl2N6O2S. The molecule has 0 bridgehead atoms. The first-order chi connectivity index (χ1) is 15.9. The number of aromatic nitrogens is 4. The second kappa shape index (κ2) is 8.11. The standard InChI is InChI=1S/C22H14Cl2N6O2S/c23-13-8-9-15(24)18(11-13)33(31,32)20-19-22(29-17-7-2-1-6-16(17)28-19)30(21(20)25)27-12-14-5-3-4-10-26-14/h1-12H,25H2/b27-12-. The summed E-state index contributed by atoms with van der Waals surface area (Å²) in [6, 6.07) is 16.6. The monoisotopic (exact) mass is 496 g/mol. The Balaban J connectivity index is 1.83. The Kier molecular flexibility index (Phi) is 5.24. The fourth-order valence-electron chi connectivity index (χ4n) is 3.37. The van der Waals surface area contributed by atoms with Crippen molar-refractivity contribution in [1.29, 1.82) is 0 Å². The Hall–Kier alpha value is -3.53. The number of halogens is 2. The van der Waals surface area contributed by atoms with E-state index in [-0.39, 0.29) is 36.8 Å². The number of rotatable bonds is 4. The normalized spacial score (nSPS) is 12.2. The minimum atomic E-state index is -4.23. The predicted molar refractivity (Wildman–Crippen MR) is 129 cm³/mol. The van der Waals surface area contributed by atoms with E-state index in [1.165, 1.54) is 29.1 Å². The largest absolute Gasteiger partial charge is 0.382 e. The third-order valence-corrected chi connectivity index (χ3v) is 7.41. The van der Waals surface area contributed by atoms with E-state index in [0.717, 1.165) is 0 Å². The molecule has 2 N–H and O–H groups in total. The molecule has 164 valence electrons. The van der Waals surface area contributed by atoms with Gasteiger partial charge < -0.3 is 5.73 Å². The zero-order chi connectivity index (χ0) is 23.2. The lowest BCUT2D eigenvalue weighted by molar-refractivity contribution is 0.597. The molecule has 11 heteroatoms. The Morgan fingerprint density at radius 3 is 2.42 bits per heavy atom. The second-order valence-corrected chi connectivity index (χ2v) is 9.69. The molecule has 8 nitrogen and oxygen atoms in total. The first-order valence-corrected chi connectivity index (χ1v) is 11.8. The molecule has 5 aromatic rings. The van der Waals surface area contributed by atoms with Gasteiger partial charge in [0.05, 0.1) is 32.9 Å². The molecule has 3 heterocycles. The van der Waals surface area contributed by atoms with Gasteiger partial charge in [-0.15, -0.1) is 0 Å². The van der Waals surface area contributed by atoms with Crippen molar-refractivity contribution < 1.29 is 8.42 Å². The molecule has 0 fully saturated rings. The van der Waals surface area contributed by atoms with E-state index in [1.54, 1.807) is 48.7 Å². The van der Waals surface area contributed by atoms with E-state index in [4.69, 9.17) is 28.9 Å². The Morgan fingerprint density at radius 2 is 1.70 bits per heavy atom. The number of hydrogen-bond acceptors (Lipinski definition) is 7. The van der Waals surface area contributed by atoms with Crippen LogP contribution in [0.3, 0.4) is 0 Å². The Labute approximate surface area is 198 Å². The summed E-state index contributed by atoms with van der Waals surface area (Å²) in [6.45, 7) is 0. The van der Waals surface area contributed by atoms with Gasteiger partial charge in [0.1, 0.15) is 16.2 Å². The average Bonchev–Trinajstić information content (AvgIpc) is 3.09. The summed E-state index contributed by atoms with van der Waals surface area (Å²) in [5.74, 6) is -0.163. The molecule has 33 heavy (non-hydrogen) atoms. The van der Waals surface area contributed by atoms with Crippen molar-refractivity contribution in [2.45, 2.75) is 9.79 Å². The number of benzene rings is 2. The van der Waals surface area contributed by atoms with E-state index in [2.05, 4.69) is 20.1 Å². The molecule has 0 aliphatic carbocycles. The number of hydrogen-bond donors (Lipinski definition) is 1. The van der Waals surface area contributed by atoms with Crippen LogP contribution < -0.4 is 5.73 Å². The van der Waals surface area contributed by atoms with Crippen molar-refractivity contribution in [3.05, 3.63) is 82.6 Å². The quantitative estimate of drug-likeness (QED) is 0.364. The van der Waals surface area contributed by atoms with Crippen molar-refractivity contribution in [1.82, 2.24) is 19.6 Å². The van der Waals surface area contributed by atoms with Crippen LogP contribution in [0.5, 0.6) is 0 Å². The topological polar surface area (TPSA) is 116 Å². The highest BCUT2D eigenvalue weighted by Crippen LogP contribution is 2.38. The molecule has 0 spiro atoms. The number of fused-ring (bicyclic) bond motifs is 2. The summed E-state index contributed by atoms with van der Waals surface area (Å²) in [5, 5.41) is 4.57. The highest BCUT2D eigenvalue weighted by atomic mass is 35.5. The fraction of sp³-hybridized carbons (Fsp3) is 0. The first kappa shape index (κ1) is 21.3. The third-order valence-electron chi connectivity index (χ3n) is 4.87. The number of nitrogens with two attached hydrogens (primary N) is 1. The maximum Gasteiger partial charge on any atom is 0.214 e. The summed E-state index contributed by atoms with van der Waals surface area (Å²) in [4.78, 5) is 12.9. The van der Waals surface area contributed by atoms with Crippen LogP contribution in [0.2, 0.25) is 10.0 Å². The summed E-state index contributed by atoms with van der Waals surface area (Å²) in [5.41, 5.74) is 8.21. The summed E-state index contributed by atoms with van der Waals surface area (Å²) in [6.07, 6.45) is 3.07. The summed E-state index contributed by atoms with van der Waals surface area (Å²) >= 11 is 12.3. The highest BCUT2D eigenvalue weighted by Gasteiger charge is 2.32. The Bertz CT molecular complexity index is 1670. The van der Waals surface area contributed by atoms with Crippen LogP contribution in [0.4, 0.5) is 5.82 Å². The zero-order valence-corrected chi connectivity index (χ0v) is 19.1.